The maximum atomic E-state index is 11.7. The minimum Gasteiger partial charge on any atom is -0.480 e. The summed E-state index contributed by atoms with van der Waals surface area (Å²) in [6.07, 6.45) is 0.812. The Morgan fingerprint density at radius 3 is 2.25 bits per heavy atom. The number of hydrogen-bond acceptors (Lipinski definition) is 3. The van der Waals surface area contributed by atoms with Crippen LogP contribution in [0.2, 0.25) is 0 Å². The number of hydrogen-bond donors (Lipinski definition) is 3. The molecule has 16 heavy (non-hydrogen) atoms. The smallest absolute Gasteiger partial charge is 0.319 e. The molecule has 1 aromatic carbocycles. The summed E-state index contributed by atoms with van der Waals surface area (Å²) in [7, 11) is 0. The minimum absolute atomic E-state index is 0.406. The van der Waals surface area contributed by atoms with Crippen molar-refractivity contribution in [1.82, 2.24) is 0 Å². The van der Waals surface area contributed by atoms with Crippen LogP contribution in [-0.2, 0) is 9.59 Å². The van der Waals surface area contributed by atoms with Gasteiger partial charge in [0.2, 0.25) is 5.91 Å². The summed E-state index contributed by atoms with van der Waals surface area (Å²) in [6, 6.07) is 6.59. The largest absolute Gasteiger partial charge is 0.480 e. The molecule has 0 spiro atoms. The molecule has 84 valence electrons. The van der Waals surface area contributed by atoms with Crippen molar-refractivity contribution in [3.05, 3.63) is 24.3 Å². The number of nitrogens with one attached hydrogen (secondary N) is 1. The van der Waals surface area contributed by atoms with Gasteiger partial charge in [-0.1, -0.05) is 0 Å². The number of carbonyl (C=O) groups is 2. The maximum Gasteiger partial charge on any atom is 0.319 e. The van der Waals surface area contributed by atoms with Gasteiger partial charge in [-0.3, -0.25) is 9.59 Å². The zero-order valence-corrected chi connectivity index (χ0v) is 8.56. The van der Waals surface area contributed by atoms with Crippen LogP contribution in [0, 0.1) is 5.41 Å². The molecule has 0 saturated heterocycles. The summed E-state index contributed by atoms with van der Waals surface area (Å²) in [4.78, 5) is 22.6. The van der Waals surface area contributed by atoms with Crippen LogP contribution in [0.3, 0.4) is 0 Å². The number of carboxylic acids is 1. The van der Waals surface area contributed by atoms with Crippen molar-refractivity contribution in [3.63, 3.8) is 0 Å². The van der Waals surface area contributed by atoms with Gasteiger partial charge in [-0.05, 0) is 37.1 Å². The van der Waals surface area contributed by atoms with Crippen molar-refractivity contribution < 1.29 is 14.7 Å². The van der Waals surface area contributed by atoms with Crippen molar-refractivity contribution in [2.24, 2.45) is 5.41 Å². The molecule has 1 amide bonds. The van der Waals surface area contributed by atoms with Crippen molar-refractivity contribution in [2.75, 3.05) is 11.1 Å². The molecule has 1 aromatic rings. The van der Waals surface area contributed by atoms with E-state index in [1.54, 1.807) is 24.3 Å². The maximum absolute atomic E-state index is 11.7. The lowest BCUT2D eigenvalue weighted by molar-refractivity contribution is -0.147. The summed E-state index contributed by atoms with van der Waals surface area (Å²) < 4.78 is 0. The quantitative estimate of drug-likeness (QED) is 0.524. The molecule has 0 atom stereocenters. The third-order valence-corrected chi connectivity index (χ3v) is 2.76. The van der Waals surface area contributed by atoms with Gasteiger partial charge in [0.05, 0.1) is 0 Å². The molecule has 0 aromatic heterocycles. The molecule has 0 radical (unpaired) electrons. The highest BCUT2D eigenvalue weighted by Crippen LogP contribution is 2.46. The van der Waals surface area contributed by atoms with E-state index in [-0.39, 0.29) is 0 Å². The standard InChI is InChI=1S/C11H12N2O3/c12-7-1-3-8(4-2-7)13-9(14)11(5-6-11)10(15)16/h1-4H,5-6,12H2,(H,13,14)(H,15,16). The second-order valence-electron chi connectivity index (χ2n) is 3.96. The number of carboxylic acid groups (broad SMARTS) is 1. The number of amides is 1. The van der Waals surface area contributed by atoms with Gasteiger partial charge in [0, 0.05) is 11.4 Å². The van der Waals surface area contributed by atoms with Gasteiger partial charge in [-0.2, -0.15) is 0 Å². The van der Waals surface area contributed by atoms with E-state index < -0.39 is 17.3 Å². The van der Waals surface area contributed by atoms with Crippen LogP contribution in [-0.4, -0.2) is 17.0 Å². The molecule has 4 N–H and O–H groups in total. The topological polar surface area (TPSA) is 92.4 Å². The normalized spacial score (nSPS) is 16.5. The SMILES string of the molecule is Nc1ccc(NC(=O)C2(C(=O)O)CC2)cc1. The summed E-state index contributed by atoms with van der Waals surface area (Å²) in [5.74, 6) is -1.51. The third kappa shape index (κ3) is 1.71. The molecule has 0 aliphatic heterocycles. The van der Waals surface area contributed by atoms with Crippen LogP contribution in [0.5, 0.6) is 0 Å². The highest BCUT2D eigenvalue weighted by molar-refractivity contribution is 6.10. The number of aliphatic carboxylic acids is 1. The highest BCUT2D eigenvalue weighted by atomic mass is 16.4. The van der Waals surface area contributed by atoms with Crippen LogP contribution >= 0.6 is 0 Å². The molecular weight excluding hydrogens is 208 g/mol. The van der Waals surface area contributed by atoms with Crippen LogP contribution in [0.15, 0.2) is 24.3 Å². The third-order valence-electron chi connectivity index (χ3n) is 2.76. The fourth-order valence-electron chi connectivity index (χ4n) is 1.48. The molecule has 0 heterocycles. The zero-order chi connectivity index (χ0) is 11.8. The summed E-state index contributed by atoms with van der Waals surface area (Å²) in [5, 5.41) is 11.5. The lowest BCUT2D eigenvalue weighted by Crippen LogP contribution is -2.31. The second-order valence-corrected chi connectivity index (χ2v) is 3.96. The molecule has 0 bridgehead atoms. The number of anilines is 2. The van der Waals surface area contributed by atoms with Crippen LogP contribution in [0.1, 0.15) is 12.8 Å². The van der Waals surface area contributed by atoms with Gasteiger partial charge in [-0.15, -0.1) is 0 Å². The van der Waals surface area contributed by atoms with E-state index in [2.05, 4.69) is 5.32 Å². The Morgan fingerprint density at radius 2 is 1.81 bits per heavy atom. The zero-order valence-electron chi connectivity index (χ0n) is 8.56. The van der Waals surface area contributed by atoms with Gasteiger partial charge in [-0.25, -0.2) is 0 Å². The van der Waals surface area contributed by atoms with Gasteiger partial charge in [0.1, 0.15) is 5.41 Å². The lowest BCUT2D eigenvalue weighted by atomic mass is 10.1. The summed E-state index contributed by atoms with van der Waals surface area (Å²) in [5.41, 5.74) is 5.45. The Balaban J connectivity index is 2.08. The molecule has 1 saturated carbocycles. The van der Waals surface area contributed by atoms with E-state index in [1.165, 1.54) is 0 Å². The summed E-state index contributed by atoms with van der Waals surface area (Å²) in [6.45, 7) is 0. The van der Waals surface area contributed by atoms with Gasteiger partial charge < -0.3 is 16.2 Å². The predicted octanol–water partition coefficient (Wildman–Crippen LogP) is 1.07. The van der Waals surface area contributed by atoms with E-state index in [1.807, 2.05) is 0 Å². The Morgan fingerprint density at radius 1 is 1.25 bits per heavy atom. The van der Waals surface area contributed by atoms with Gasteiger partial charge in [0.25, 0.3) is 0 Å². The predicted molar refractivity (Wildman–Crippen MR) is 58.8 cm³/mol. The molecule has 0 unspecified atom stereocenters. The first-order chi connectivity index (χ1) is 7.54. The average Bonchev–Trinajstić information content (AvgIpc) is 3.02. The molecule has 1 aliphatic carbocycles. The first-order valence-corrected chi connectivity index (χ1v) is 4.95. The Hall–Kier alpha value is -2.04. The minimum atomic E-state index is -1.21. The molecular formula is C11H12N2O3. The molecule has 1 fully saturated rings. The molecule has 1 aliphatic rings. The Kier molecular flexibility index (Phi) is 2.30. The molecule has 2 rings (SSSR count). The van der Waals surface area contributed by atoms with E-state index >= 15 is 0 Å². The first-order valence-electron chi connectivity index (χ1n) is 4.95. The monoisotopic (exact) mass is 220 g/mol. The number of rotatable bonds is 3. The average molecular weight is 220 g/mol. The van der Waals surface area contributed by atoms with Crippen molar-refractivity contribution in [3.8, 4) is 0 Å². The Labute approximate surface area is 92.3 Å². The van der Waals surface area contributed by atoms with Crippen molar-refractivity contribution >= 4 is 23.3 Å². The fourth-order valence-corrected chi connectivity index (χ4v) is 1.48. The lowest BCUT2D eigenvalue weighted by Gasteiger charge is -2.10. The number of carbonyl (C=O) groups excluding carboxylic acids is 1. The molecule has 5 heteroatoms. The van der Waals surface area contributed by atoms with E-state index in [4.69, 9.17) is 10.8 Å². The van der Waals surface area contributed by atoms with Crippen LogP contribution in [0.25, 0.3) is 0 Å². The number of nitrogen functional groups attached to an aromatic ring is 1. The van der Waals surface area contributed by atoms with Crippen LogP contribution in [0.4, 0.5) is 11.4 Å². The van der Waals surface area contributed by atoms with Gasteiger partial charge >= 0.3 is 5.97 Å². The highest BCUT2D eigenvalue weighted by Gasteiger charge is 2.57. The first kappa shape index (κ1) is 10.5. The van der Waals surface area contributed by atoms with E-state index in [0.717, 1.165) is 0 Å². The summed E-state index contributed by atoms with van der Waals surface area (Å²) >= 11 is 0. The van der Waals surface area contributed by atoms with Crippen molar-refractivity contribution in [2.45, 2.75) is 12.8 Å². The van der Waals surface area contributed by atoms with E-state index in [0.29, 0.717) is 24.2 Å². The van der Waals surface area contributed by atoms with Crippen LogP contribution < -0.4 is 11.1 Å². The fraction of sp³-hybridized carbons (Fsp3) is 0.273. The van der Waals surface area contributed by atoms with E-state index in [9.17, 15) is 9.59 Å². The molecule has 5 nitrogen and oxygen atoms in total. The number of nitrogens with two attached hydrogens (primary N) is 1. The number of benzene rings is 1. The Bertz CT molecular complexity index is 435. The second kappa shape index (κ2) is 3.52. The van der Waals surface area contributed by atoms with Crippen molar-refractivity contribution in [1.29, 1.82) is 0 Å². The van der Waals surface area contributed by atoms with Gasteiger partial charge in [0.15, 0.2) is 0 Å².